The number of nitrogens with one attached hydrogen (secondary N) is 1. The highest BCUT2D eigenvalue weighted by Crippen LogP contribution is 2.45. The van der Waals surface area contributed by atoms with E-state index in [1.54, 1.807) is 11.0 Å². The average Bonchev–Trinajstić information content (AvgIpc) is 3.25. The van der Waals surface area contributed by atoms with Crippen molar-refractivity contribution in [3.05, 3.63) is 36.2 Å². The van der Waals surface area contributed by atoms with Crippen LogP contribution in [-0.4, -0.2) is 26.2 Å². The largest absolute Gasteiger partial charge is 0.307 e. The van der Waals surface area contributed by atoms with Crippen molar-refractivity contribution in [2.75, 3.05) is 0 Å². The van der Waals surface area contributed by atoms with Gasteiger partial charge in [0.15, 0.2) is 0 Å². The van der Waals surface area contributed by atoms with E-state index in [0.29, 0.717) is 12.1 Å². The topological polar surface area (TPSA) is 55.6 Å². The zero-order chi connectivity index (χ0) is 14.2. The van der Waals surface area contributed by atoms with Gasteiger partial charge in [-0.3, -0.25) is 0 Å². The normalized spacial score (nSPS) is 28.9. The highest BCUT2D eigenvalue weighted by Gasteiger charge is 2.39. The van der Waals surface area contributed by atoms with E-state index in [2.05, 4.69) is 46.0 Å². The monoisotopic (exact) mass is 283 g/mol. The summed E-state index contributed by atoms with van der Waals surface area (Å²) in [6.07, 6.45) is 7.30. The second-order valence-corrected chi connectivity index (χ2v) is 6.52. The van der Waals surface area contributed by atoms with Crippen LogP contribution in [-0.2, 0) is 0 Å². The van der Waals surface area contributed by atoms with E-state index in [9.17, 15) is 0 Å². The molecule has 1 aromatic carbocycles. The summed E-state index contributed by atoms with van der Waals surface area (Å²) >= 11 is 0. The Morgan fingerprint density at radius 2 is 2.24 bits per heavy atom. The van der Waals surface area contributed by atoms with Crippen LogP contribution in [0.25, 0.3) is 5.69 Å². The number of fused-ring (bicyclic) bond motifs is 2. The molecule has 0 spiro atoms. The molecule has 21 heavy (non-hydrogen) atoms. The first-order valence-corrected chi connectivity index (χ1v) is 7.89. The number of aromatic nitrogens is 4. The Balaban J connectivity index is 1.49. The van der Waals surface area contributed by atoms with Crippen LogP contribution in [0.3, 0.4) is 0 Å². The third-order valence-corrected chi connectivity index (χ3v) is 5.19. The predicted molar refractivity (Wildman–Crippen MR) is 79.9 cm³/mol. The summed E-state index contributed by atoms with van der Waals surface area (Å²) in [6.45, 7) is 2.25. The molecule has 2 bridgehead atoms. The fourth-order valence-electron chi connectivity index (χ4n) is 4.08. The molecule has 4 unspecified atom stereocenters. The number of tetrazole rings is 1. The van der Waals surface area contributed by atoms with E-state index in [1.807, 2.05) is 6.07 Å². The van der Waals surface area contributed by atoms with Crippen LogP contribution in [0.15, 0.2) is 30.6 Å². The number of hydrogen-bond acceptors (Lipinski definition) is 4. The molecule has 2 saturated carbocycles. The molecule has 110 valence electrons. The van der Waals surface area contributed by atoms with Gasteiger partial charge in [0.1, 0.15) is 6.33 Å². The maximum atomic E-state index is 3.96. The zero-order valence-electron chi connectivity index (χ0n) is 12.3. The molecule has 4 rings (SSSR count). The third kappa shape index (κ3) is 2.46. The van der Waals surface area contributed by atoms with E-state index >= 15 is 0 Å². The van der Waals surface area contributed by atoms with Crippen molar-refractivity contribution >= 4 is 0 Å². The first kappa shape index (κ1) is 13.0. The average molecular weight is 283 g/mol. The second kappa shape index (κ2) is 5.22. The van der Waals surface area contributed by atoms with Crippen LogP contribution in [0.4, 0.5) is 0 Å². The van der Waals surface area contributed by atoms with Crippen LogP contribution in [0, 0.1) is 11.8 Å². The van der Waals surface area contributed by atoms with Crippen molar-refractivity contribution in [3.8, 4) is 5.69 Å². The summed E-state index contributed by atoms with van der Waals surface area (Å²) in [7, 11) is 0. The first-order chi connectivity index (χ1) is 10.3. The van der Waals surface area contributed by atoms with Gasteiger partial charge in [-0.15, -0.1) is 5.10 Å². The van der Waals surface area contributed by atoms with E-state index in [-0.39, 0.29) is 0 Å². The Kier molecular flexibility index (Phi) is 3.22. The SMILES string of the molecule is CC(NC1CC2CCC1C2)c1cccc(-n2cnnn2)c1. The third-order valence-electron chi connectivity index (χ3n) is 5.19. The van der Waals surface area contributed by atoms with Crippen molar-refractivity contribution in [2.24, 2.45) is 11.8 Å². The van der Waals surface area contributed by atoms with Crippen LogP contribution < -0.4 is 5.32 Å². The van der Waals surface area contributed by atoms with Crippen molar-refractivity contribution in [1.29, 1.82) is 0 Å². The molecule has 4 atom stereocenters. The highest BCUT2D eigenvalue weighted by atomic mass is 15.5. The van der Waals surface area contributed by atoms with Gasteiger partial charge in [0.2, 0.25) is 0 Å². The van der Waals surface area contributed by atoms with Crippen LogP contribution >= 0.6 is 0 Å². The maximum absolute atomic E-state index is 3.96. The quantitative estimate of drug-likeness (QED) is 0.936. The molecule has 1 heterocycles. The molecule has 0 amide bonds. The smallest absolute Gasteiger partial charge is 0.143 e. The van der Waals surface area contributed by atoms with Crippen molar-refractivity contribution in [3.63, 3.8) is 0 Å². The van der Waals surface area contributed by atoms with Crippen molar-refractivity contribution < 1.29 is 0 Å². The van der Waals surface area contributed by atoms with Gasteiger partial charge in [-0.05, 0) is 66.1 Å². The summed E-state index contributed by atoms with van der Waals surface area (Å²) in [5, 5.41) is 15.2. The Bertz CT molecular complexity index is 609. The lowest BCUT2D eigenvalue weighted by Crippen LogP contribution is -2.35. The molecular formula is C16H21N5. The molecule has 2 fully saturated rings. The van der Waals surface area contributed by atoms with Gasteiger partial charge in [0.25, 0.3) is 0 Å². The summed E-state index contributed by atoms with van der Waals surface area (Å²) in [5.74, 6) is 1.88. The van der Waals surface area contributed by atoms with E-state index in [4.69, 9.17) is 0 Å². The van der Waals surface area contributed by atoms with Crippen molar-refractivity contribution in [2.45, 2.75) is 44.7 Å². The van der Waals surface area contributed by atoms with Crippen LogP contribution in [0.2, 0.25) is 0 Å². The zero-order valence-corrected chi connectivity index (χ0v) is 12.3. The second-order valence-electron chi connectivity index (χ2n) is 6.52. The minimum atomic E-state index is 0.366. The summed E-state index contributed by atoms with van der Waals surface area (Å²) in [6, 6.07) is 9.52. The Hall–Kier alpha value is -1.75. The maximum Gasteiger partial charge on any atom is 0.143 e. The lowest BCUT2D eigenvalue weighted by atomic mass is 9.94. The van der Waals surface area contributed by atoms with E-state index in [1.165, 1.54) is 31.2 Å². The van der Waals surface area contributed by atoms with Crippen molar-refractivity contribution in [1.82, 2.24) is 25.5 Å². The fraction of sp³-hybridized carbons (Fsp3) is 0.562. The lowest BCUT2D eigenvalue weighted by molar-refractivity contribution is 0.327. The van der Waals surface area contributed by atoms with Gasteiger partial charge in [0, 0.05) is 12.1 Å². The Morgan fingerprint density at radius 1 is 1.29 bits per heavy atom. The number of rotatable bonds is 4. The minimum Gasteiger partial charge on any atom is -0.307 e. The highest BCUT2D eigenvalue weighted by molar-refractivity contribution is 5.35. The van der Waals surface area contributed by atoms with Gasteiger partial charge in [-0.25, -0.2) is 4.68 Å². The molecule has 2 aliphatic carbocycles. The minimum absolute atomic E-state index is 0.366. The molecule has 5 nitrogen and oxygen atoms in total. The van der Waals surface area contributed by atoms with Gasteiger partial charge in [0.05, 0.1) is 5.69 Å². The molecule has 0 radical (unpaired) electrons. The van der Waals surface area contributed by atoms with Gasteiger partial charge >= 0.3 is 0 Å². The Morgan fingerprint density at radius 3 is 2.95 bits per heavy atom. The Labute approximate surface area is 124 Å². The van der Waals surface area contributed by atoms with Gasteiger partial charge < -0.3 is 5.32 Å². The fourth-order valence-corrected chi connectivity index (χ4v) is 4.08. The number of benzene rings is 1. The number of hydrogen-bond donors (Lipinski definition) is 1. The molecular weight excluding hydrogens is 262 g/mol. The predicted octanol–water partition coefficient (Wildman–Crippen LogP) is 2.50. The lowest BCUT2D eigenvalue weighted by Gasteiger charge is -2.27. The molecule has 1 N–H and O–H groups in total. The summed E-state index contributed by atoms with van der Waals surface area (Å²) in [5.41, 5.74) is 2.31. The molecule has 5 heteroatoms. The standard InChI is InChI=1S/C16H21N5/c1-11(18-16-8-12-5-6-14(16)7-12)13-3-2-4-15(9-13)21-10-17-19-20-21/h2-4,9-12,14,16,18H,5-8H2,1H3. The van der Waals surface area contributed by atoms with E-state index < -0.39 is 0 Å². The number of nitrogens with zero attached hydrogens (tertiary/aromatic N) is 4. The van der Waals surface area contributed by atoms with E-state index in [0.717, 1.165) is 17.5 Å². The summed E-state index contributed by atoms with van der Waals surface area (Å²) < 4.78 is 1.70. The molecule has 0 saturated heterocycles. The van der Waals surface area contributed by atoms with Gasteiger partial charge in [-0.1, -0.05) is 18.6 Å². The first-order valence-electron chi connectivity index (χ1n) is 7.89. The summed E-state index contributed by atoms with van der Waals surface area (Å²) in [4.78, 5) is 0. The molecule has 2 aromatic rings. The van der Waals surface area contributed by atoms with Gasteiger partial charge in [-0.2, -0.15) is 0 Å². The molecule has 0 aliphatic heterocycles. The van der Waals surface area contributed by atoms with Crippen LogP contribution in [0.5, 0.6) is 0 Å². The molecule has 2 aliphatic rings. The molecule has 1 aromatic heterocycles. The van der Waals surface area contributed by atoms with Crippen LogP contribution in [0.1, 0.15) is 44.2 Å².